The fourth-order valence-electron chi connectivity index (χ4n) is 5.58. The molecule has 3 heterocycles. The largest absolute Gasteiger partial charge is 0.480 e. The van der Waals surface area contributed by atoms with Gasteiger partial charge in [-0.15, -0.1) is 0 Å². The molecule has 0 saturated carbocycles. The molecule has 1 aromatic carbocycles. The van der Waals surface area contributed by atoms with Gasteiger partial charge in [0.25, 0.3) is 0 Å². The van der Waals surface area contributed by atoms with Crippen LogP contribution in [-0.4, -0.2) is 107 Å². The number of piperazine rings is 1. The lowest BCUT2D eigenvalue weighted by Gasteiger charge is -2.35. The van der Waals surface area contributed by atoms with Crippen molar-refractivity contribution in [2.24, 2.45) is 5.92 Å². The minimum atomic E-state index is -1.19. The van der Waals surface area contributed by atoms with Gasteiger partial charge in [-0.2, -0.15) is 0 Å². The van der Waals surface area contributed by atoms with Gasteiger partial charge < -0.3 is 34.6 Å². The van der Waals surface area contributed by atoms with Crippen LogP contribution in [0.5, 0.6) is 0 Å². The summed E-state index contributed by atoms with van der Waals surface area (Å²) in [6.07, 6.45) is -2.12. The molecule has 1 aromatic rings. The van der Waals surface area contributed by atoms with Crippen molar-refractivity contribution in [2.45, 2.75) is 77.9 Å². The van der Waals surface area contributed by atoms with Gasteiger partial charge in [0.15, 0.2) is 0 Å². The number of nitrogens with zero attached hydrogens (tertiary/aromatic N) is 4. The summed E-state index contributed by atoms with van der Waals surface area (Å²) < 4.78 is 11.1. The van der Waals surface area contributed by atoms with Gasteiger partial charge in [0.2, 0.25) is 5.91 Å². The van der Waals surface area contributed by atoms with Crippen molar-refractivity contribution in [2.75, 3.05) is 44.7 Å². The van der Waals surface area contributed by atoms with E-state index in [-0.39, 0.29) is 18.9 Å². The molecule has 0 aliphatic carbocycles. The summed E-state index contributed by atoms with van der Waals surface area (Å²) in [4.78, 5) is 58.7. The Bertz CT molecular complexity index is 1160. The molecule has 41 heavy (non-hydrogen) atoms. The Morgan fingerprint density at radius 1 is 1.05 bits per heavy atom. The number of nitrogens with one attached hydrogen (secondary N) is 1. The maximum absolute atomic E-state index is 13.5. The van der Waals surface area contributed by atoms with E-state index in [1.807, 2.05) is 12.1 Å². The number of likely N-dealkylation sites (tertiary alicyclic amines) is 1. The number of rotatable bonds is 6. The van der Waals surface area contributed by atoms with E-state index >= 15 is 0 Å². The van der Waals surface area contributed by atoms with Crippen LogP contribution < -0.4 is 10.2 Å². The molecule has 4 rings (SSSR count). The molecule has 3 atom stereocenters. The van der Waals surface area contributed by atoms with Crippen molar-refractivity contribution in [3.63, 3.8) is 0 Å². The van der Waals surface area contributed by atoms with Crippen molar-refractivity contribution in [3.05, 3.63) is 29.3 Å². The number of hydrogen-bond acceptors (Lipinski definition) is 8. The smallest absolute Gasteiger partial charge is 0.410 e. The number of aliphatic carboxylic acids is 1. The molecule has 12 heteroatoms. The van der Waals surface area contributed by atoms with Crippen LogP contribution in [-0.2, 0) is 32.2 Å². The summed E-state index contributed by atoms with van der Waals surface area (Å²) >= 11 is 0. The molecule has 2 N–H and O–H groups in total. The van der Waals surface area contributed by atoms with E-state index in [9.17, 15) is 24.3 Å². The predicted octanol–water partition coefficient (Wildman–Crippen LogP) is 2.49. The third-order valence-corrected chi connectivity index (χ3v) is 7.76. The highest BCUT2D eigenvalue weighted by Crippen LogP contribution is 2.33. The lowest BCUT2D eigenvalue weighted by molar-refractivity contribution is -0.149. The molecule has 0 bridgehead atoms. The number of fused-ring (bicyclic) bond motifs is 1. The van der Waals surface area contributed by atoms with E-state index in [4.69, 9.17) is 9.47 Å². The predicted molar refractivity (Wildman–Crippen MR) is 151 cm³/mol. The molecule has 0 spiro atoms. The van der Waals surface area contributed by atoms with Gasteiger partial charge in [0.05, 0.1) is 13.1 Å². The number of amides is 3. The Morgan fingerprint density at radius 3 is 2.34 bits per heavy atom. The van der Waals surface area contributed by atoms with Gasteiger partial charge in [0, 0.05) is 44.8 Å². The van der Waals surface area contributed by atoms with Gasteiger partial charge in [-0.25, -0.2) is 14.4 Å². The van der Waals surface area contributed by atoms with E-state index in [0.29, 0.717) is 13.1 Å². The fraction of sp³-hybridized carbons (Fsp3) is 0.655. The van der Waals surface area contributed by atoms with Gasteiger partial charge in [-0.3, -0.25) is 9.69 Å². The fourth-order valence-corrected chi connectivity index (χ4v) is 5.58. The van der Waals surface area contributed by atoms with Crippen LogP contribution in [0.1, 0.15) is 52.2 Å². The first kappa shape index (κ1) is 30.4. The number of carbonyl (C=O) groups excluding carboxylic acids is 3. The number of ether oxygens (including phenoxy) is 2. The Balaban J connectivity index is 1.40. The quantitative estimate of drug-likeness (QED) is 0.527. The zero-order valence-electron chi connectivity index (χ0n) is 24.9. The van der Waals surface area contributed by atoms with Crippen molar-refractivity contribution in [1.82, 2.24) is 20.0 Å². The van der Waals surface area contributed by atoms with Crippen molar-refractivity contribution >= 4 is 29.8 Å². The zero-order valence-corrected chi connectivity index (χ0v) is 24.9. The second-order valence-electron chi connectivity index (χ2n) is 12.5. The Labute approximate surface area is 241 Å². The van der Waals surface area contributed by atoms with Gasteiger partial charge in [0.1, 0.15) is 23.8 Å². The first-order chi connectivity index (χ1) is 19.2. The van der Waals surface area contributed by atoms with E-state index in [2.05, 4.69) is 28.2 Å². The molecule has 0 radical (unpaired) electrons. The molecular weight excluding hydrogens is 530 g/mol. The lowest BCUT2D eigenvalue weighted by Crippen LogP contribution is -2.54. The number of anilines is 1. The van der Waals surface area contributed by atoms with Crippen molar-refractivity contribution in [3.8, 4) is 0 Å². The Hall–Kier alpha value is -3.54. The van der Waals surface area contributed by atoms with Gasteiger partial charge >= 0.3 is 18.2 Å². The average molecular weight is 574 g/mol. The number of carboxylic acid groups (broad SMARTS) is 1. The van der Waals surface area contributed by atoms with Crippen LogP contribution in [0.4, 0.5) is 15.3 Å². The number of carbonyl (C=O) groups is 4. The second-order valence-corrected chi connectivity index (χ2v) is 12.5. The molecule has 3 aliphatic heterocycles. The summed E-state index contributed by atoms with van der Waals surface area (Å²) in [6.45, 7) is 13.2. The molecule has 2 fully saturated rings. The first-order valence-electron chi connectivity index (χ1n) is 14.3. The zero-order chi connectivity index (χ0) is 30.1. The van der Waals surface area contributed by atoms with Crippen molar-refractivity contribution < 1.29 is 33.8 Å². The normalized spacial score (nSPS) is 22.0. The minimum Gasteiger partial charge on any atom is -0.480 e. The van der Waals surface area contributed by atoms with Gasteiger partial charge in [-0.1, -0.05) is 26.0 Å². The molecule has 3 amide bonds. The number of alkyl carbamates (subject to hydrolysis) is 1. The molecule has 2 saturated heterocycles. The maximum atomic E-state index is 13.5. The summed E-state index contributed by atoms with van der Waals surface area (Å²) in [5.74, 6) is -2.08. The topological polar surface area (TPSA) is 132 Å². The van der Waals surface area contributed by atoms with Crippen LogP contribution in [0.3, 0.4) is 0 Å². The van der Waals surface area contributed by atoms with Crippen LogP contribution in [0, 0.1) is 5.92 Å². The van der Waals surface area contributed by atoms with Gasteiger partial charge in [-0.05, 0) is 50.9 Å². The maximum Gasteiger partial charge on any atom is 0.410 e. The van der Waals surface area contributed by atoms with E-state index in [0.717, 1.165) is 43.0 Å². The number of hydrogen-bond donors (Lipinski definition) is 2. The first-order valence-corrected chi connectivity index (χ1v) is 14.3. The molecule has 3 aliphatic rings. The number of carboxylic acids is 1. The highest BCUT2D eigenvalue weighted by Gasteiger charge is 2.45. The number of likely N-dealkylation sites (N-methyl/N-ethyl adjacent to an activating group) is 1. The Morgan fingerprint density at radius 2 is 1.73 bits per heavy atom. The molecule has 226 valence electrons. The molecule has 12 nitrogen and oxygen atoms in total. The monoisotopic (exact) mass is 573 g/mol. The second kappa shape index (κ2) is 12.1. The molecule has 0 aromatic heterocycles. The summed E-state index contributed by atoms with van der Waals surface area (Å²) in [5, 5.41) is 12.5. The lowest BCUT2D eigenvalue weighted by atomic mass is 10.0. The summed E-state index contributed by atoms with van der Waals surface area (Å²) in [5.41, 5.74) is 2.55. The van der Waals surface area contributed by atoms with Crippen LogP contribution in [0.15, 0.2) is 18.2 Å². The SMILES string of the molecule is CC(C)[C@H](NC(=O)OC(C)(C)C)C(=O)N1CC(OC(=O)N2Cc3cccc(N4CCN(C)CC4)c3C2)C[C@H]1C(=O)O. The molecular formula is C29H43N5O7. The highest BCUT2D eigenvalue weighted by molar-refractivity contribution is 5.90. The highest BCUT2D eigenvalue weighted by atomic mass is 16.6. The van der Waals surface area contributed by atoms with E-state index < -0.39 is 47.9 Å². The van der Waals surface area contributed by atoms with Crippen LogP contribution in [0.25, 0.3) is 0 Å². The minimum absolute atomic E-state index is 0.0304. The third kappa shape index (κ3) is 7.22. The average Bonchev–Trinajstić information content (AvgIpc) is 3.51. The third-order valence-electron chi connectivity index (χ3n) is 7.76. The van der Waals surface area contributed by atoms with E-state index in [1.54, 1.807) is 39.5 Å². The van der Waals surface area contributed by atoms with Crippen LogP contribution >= 0.6 is 0 Å². The Kier molecular flexibility index (Phi) is 9.00. The van der Waals surface area contributed by atoms with Crippen molar-refractivity contribution in [1.29, 1.82) is 0 Å². The number of benzene rings is 1. The summed E-state index contributed by atoms with van der Waals surface area (Å²) in [7, 11) is 2.11. The molecule has 1 unspecified atom stereocenters. The van der Waals surface area contributed by atoms with Crippen LogP contribution in [0.2, 0.25) is 0 Å². The standard InChI is InChI=1S/C29H43N5O7/c1-18(2)24(30-27(38)41-29(3,4)5)25(35)34-16-20(14-23(34)26(36)37)40-28(39)33-15-19-8-7-9-22(21(19)17-33)32-12-10-31(6)11-13-32/h7-9,18,20,23-24H,10-17H2,1-6H3,(H,30,38)(H,36,37)/t20?,23-,24-/m0/s1. The summed E-state index contributed by atoms with van der Waals surface area (Å²) in [6, 6.07) is 3.94. The van der Waals surface area contributed by atoms with E-state index in [1.165, 1.54) is 4.90 Å².